The van der Waals surface area contributed by atoms with Crippen molar-refractivity contribution in [3.8, 4) is 5.75 Å². The Balaban J connectivity index is 1.88. The number of Topliss-reactive ketones (excluding diaryl/α,β-unsaturated/α-hetero) is 1. The molecule has 10 heteroatoms. The van der Waals surface area contributed by atoms with Gasteiger partial charge in [-0.3, -0.25) is 14.9 Å². The summed E-state index contributed by atoms with van der Waals surface area (Å²) >= 11 is 0. The Labute approximate surface area is 144 Å². The quantitative estimate of drug-likeness (QED) is 0.557. The van der Waals surface area contributed by atoms with Gasteiger partial charge < -0.3 is 14.2 Å². The van der Waals surface area contributed by atoms with E-state index in [0.29, 0.717) is 12.8 Å². The smallest absolute Gasteiger partial charge is 0.449 e. The van der Waals surface area contributed by atoms with E-state index in [2.05, 4.69) is 0 Å². The van der Waals surface area contributed by atoms with Gasteiger partial charge in [0, 0.05) is 12.1 Å². The van der Waals surface area contributed by atoms with Gasteiger partial charge in [0.2, 0.25) is 12.0 Å². The SMILES string of the molecule is O=C1C2=C(C(F)(F)F)O[C@H]3OCCC[C@H]3[C@H]2Oc2ccc([N+](=O)[O-])cc21. The van der Waals surface area contributed by atoms with Crippen molar-refractivity contribution in [2.75, 3.05) is 6.61 Å². The molecule has 1 saturated heterocycles. The average molecular weight is 371 g/mol. The molecular weight excluding hydrogens is 359 g/mol. The number of nitro benzene ring substituents is 1. The monoisotopic (exact) mass is 371 g/mol. The Bertz CT molecular complexity index is 834. The average Bonchev–Trinajstić information content (AvgIpc) is 2.60. The van der Waals surface area contributed by atoms with Gasteiger partial charge in [0.25, 0.3) is 5.69 Å². The van der Waals surface area contributed by atoms with Crippen LogP contribution in [-0.2, 0) is 9.47 Å². The molecule has 4 rings (SSSR count). The molecule has 3 aliphatic heterocycles. The van der Waals surface area contributed by atoms with Crippen LogP contribution in [0, 0.1) is 16.0 Å². The maximum absolute atomic E-state index is 13.5. The van der Waals surface area contributed by atoms with E-state index in [0.717, 1.165) is 12.1 Å². The molecular formula is C16H12F3NO6. The fraction of sp³-hybridized carbons (Fsp3) is 0.438. The van der Waals surface area contributed by atoms with Crippen molar-refractivity contribution < 1.29 is 37.1 Å². The van der Waals surface area contributed by atoms with Crippen LogP contribution in [-0.4, -0.2) is 35.9 Å². The number of nitro groups is 1. The van der Waals surface area contributed by atoms with Crippen LogP contribution < -0.4 is 4.74 Å². The van der Waals surface area contributed by atoms with Crippen molar-refractivity contribution in [2.45, 2.75) is 31.4 Å². The van der Waals surface area contributed by atoms with Crippen LogP contribution in [0.5, 0.6) is 5.75 Å². The van der Waals surface area contributed by atoms with Crippen molar-refractivity contribution in [1.82, 2.24) is 0 Å². The molecule has 1 fully saturated rings. The Morgan fingerprint density at radius 1 is 1.23 bits per heavy atom. The summed E-state index contributed by atoms with van der Waals surface area (Å²) in [6.45, 7) is 0.255. The van der Waals surface area contributed by atoms with Gasteiger partial charge in [-0.15, -0.1) is 0 Å². The maximum Gasteiger partial charge on any atom is 0.449 e. The zero-order chi connectivity index (χ0) is 18.6. The summed E-state index contributed by atoms with van der Waals surface area (Å²) in [5.41, 5.74) is -1.35. The highest BCUT2D eigenvalue weighted by Crippen LogP contribution is 2.47. The Hall–Kier alpha value is -2.62. The normalized spacial score (nSPS) is 27.7. The summed E-state index contributed by atoms with van der Waals surface area (Å²) in [5, 5.41) is 10.9. The van der Waals surface area contributed by atoms with Gasteiger partial charge in [-0.1, -0.05) is 0 Å². The lowest BCUT2D eigenvalue weighted by atomic mass is 9.81. The molecule has 0 saturated carbocycles. The molecule has 3 heterocycles. The van der Waals surface area contributed by atoms with E-state index in [1.54, 1.807) is 0 Å². The van der Waals surface area contributed by atoms with Gasteiger partial charge in [-0.2, -0.15) is 13.2 Å². The van der Waals surface area contributed by atoms with Crippen LogP contribution in [0.1, 0.15) is 23.2 Å². The number of alkyl halides is 3. The van der Waals surface area contributed by atoms with Crippen LogP contribution >= 0.6 is 0 Å². The van der Waals surface area contributed by atoms with Crippen molar-refractivity contribution >= 4 is 11.5 Å². The summed E-state index contributed by atoms with van der Waals surface area (Å²) in [7, 11) is 0. The minimum Gasteiger partial charge on any atom is -0.484 e. The number of rotatable bonds is 1. The third-order valence-corrected chi connectivity index (χ3v) is 4.64. The zero-order valence-corrected chi connectivity index (χ0v) is 13.1. The molecule has 0 aliphatic carbocycles. The first-order valence-corrected chi connectivity index (χ1v) is 7.87. The van der Waals surface area contributed by atoms with Gasteiger partial charge in [-0.25, -0.2) is 0 Å². The van der Waals surface area contributed by atoms with Gasteiger partial charge in [0.05, 0.1) is 28.6 Å². The number of hydrogen-bond acceptors (Lipinski definition) is 6. The predicted molar refractivity (Wildman–Crippen MR) is 78.5 cm³/mol. The first-order valence-electron chi connectivity index (χ1n) is 7.87. The molecule has 0 spiro atoms. The van der Waals surface area contributed by atoms with Crippen LogP contribution in [0.3, 0.4) is 0 Å². The molecule has 138 valence electrons. The molecule has 1 aromatic carbocycles. The number of carbonyl (C=O) groups is 1. The predicted octanol–water partition coefficient (Wildman–Crippen LogP) is 3.14. The molecule has 0 amide bonds. The van der Waals surface area contributed by atoms with Crippen molar-refractivity contribution in [1.29, 1.82) is 0 Å². The molecule has 7 nitrogen and oxygen atoms in total. The van der Waals surface area contributed by atoms with E-state index in [9.17, 15) is 28.1 Å². The van der Waals surface area contributed by atoms with Gasteiger partial charge in [0.1, 0.15) is 11.9 Å². The van der Waals surface area contributed by atoms with Crippen LogP contribution in [0.15, 0.2) is 29.5 Å². The van der Waals surface area contributed by atoms with Gasteiger partial charge >= 0.3 is 6.18 Å². The Kier molecular flexibility index (Phi) is 3.69. The van der Waals surface area contributed by atoms with Crippen molar-refractivity contribution in [3.63, 3.8) is 0 Å². The summed E-state index contributed by atoms with van der Waals surface area (Å²) < 4.78 is 56.4. The Morgan fingerprint density at radius 2 is 2.00 bits per heavy atom. The van der Waals surface area contributed by atoms with Gasteiger partial charge in [-0.05, 0) is 18.9 Å². The number of fused-ring (bicyclic) bond motifs is 4. The van der Waals surface area contributed by atoms with Crippen molar-refractivity contribution in [2.24, 2.45) is 5.92 Å². The fourth-order valence-electron chi connectivity index (χ4n) is 3.51. The number of hydrogen-bond donors (Lipinski definition) is 0. The van der Waals surface area contributed by atoms with E-state index in [1.807, 2.05) is 0 Å². The minimum absolute atomic E-state index is 0.0158. The molecule has 0 N–H and O–H groups in total. The topological polar surface area (TPSA) is 87.9 Å². The molecule has 26 heavy (non-hydrogen) atoms. The number of allylic oxidation sites excluding steroid dienone is 1. The lowest BCUT2D eigenvalue weighted by molar-refractivity contribution is -0.384. The number of ether oxygens (including phenoxy) is 3. The standard InChI is InChI=1S/C16H12F3NO6/c17-16(18,19)14-11-12(21)9-6-7(20(22)23)3-4-10(9)25-13(11)8-2-1-5-24-15(8)26-14/h3-4,6,8,13,15H,1-2,5H2/t8-,13+,15+/m0/s1. The van der Waals surface area contributed by atoms with E-state index in [1.165, 1.54) is 6.07 Å². The number of nitrogens with zero attached hydrogens (tertiary/aromatic N) is 1. The second-order valence-corrected chi connectivity index (χ2v) is 6.21. The summed E-state index contributed by atoms with van der Waals surface area (Å²) in [6.07, 6.45) is -6.18. The fourth-order valence-corrected chi connectivity index (χ4v) is 3.51. The lowest BCUT2D eigenvalue weighted by Gasteiger charge is -2.44. The third-order valence-electron chi connectivity index (χ3n) is 4.64. The molecule has 3 atom stereocenters. The highest BCUT2D eigenvalue weighted by molar-refractivity contribution is 6.13. The number of halogens is 3. The largest absolute Gasteiger partial charge is 0.484 e. The first kappa shape index (κ1) is 16.8. The van der Waals surface area contributed by atoms with E-state index >= 15 is 0 Å². The second-order valence-electron chi connectivity index (χ2n) is 6.21. The van der Waals surface area contributed by atoms with Crippen LogP contribution in [0.2, 0.25) is 0 Å². The Morgan fingerprint density at radius 3 is 2.69 bits per heavy atom. The zero-order valence-electron chi connectivity index (χ0n) is 13.1. The molecule has 0 bridgehead atoms. The van der Waals surface area contributed by atoms with Gasteiger partial charge in [0.15, 0.2) is 5.78 Å². The maximum atomic E-state index is 13.5. The molecule has 1 aromatic rings. The molecule has 0 aromatic heterocycles. The summed E-state index contributed by atoms with van der Waals surface area (Å²) in [6, 6.07) is 3.28. The first-order chi connectivity index (χ1) is 12.3. The number of carbonyl (C=O) groups excluding carboxylic acids is 1. The number of ketones is 1. The molecule has 0 unspecified atom stereocenters. The van der Waals surface area contributed by atoms with E-state index < -0.39 is 52.2 Å². The van der Waals surface area contributed by atoms with E-state index in [4.69, 9.17) is 14.2 Å². The minimum atomic E-state index is -4.92. The van der Waals surface area contributed by atoms with E-state index in [-0.39, 0.29) is 17.9 Å². The summed E-state index contributed by atoms with van der Waals surface area (Å²) in [5.74, 6) is -2.98. The number of non-ortho nitro benzene ring substituents is 1. The highest BCUT2D eigenvalue weighted by atomic mass is 19.4. The third kappa shape index (κ3) is 2.52. The van der Waals surface area contributed by atoms with Crippen LogP contribution in [0.25, 0.3) is 0 Å². The molecule has 3 aliphatic rings. The van der Waals surface area contributed by atoms with Crippen LogP contribution in [0.4, 0.5) is 18.9 Å². The van der Waals surface area contributed by atoms with Crippen molar-refractivity contribution in [3.05, 3.63) is 45.2 Å². The summed E-state index contributed by atoms with van der Waals surface area (Å²) in [4.78, 5) is 22.9. The highest BCUT2D eigenvalue weighted by Gasteiger charge is 2.55. The number of benzene rings is 1. The lowest BCUT2D eigenvalue weighted by Crippen LogP contribution is -2.51. The molecule has 0 radical (unpaired) electrons. The second kappa shape index (κ2) is 5.70.